The van der Waals surface area contributed by atoms with Crippen LogP contribution in [-0.4, -0.2) is 41.5 Å². The van der Waals surface area contributed by atoms with Crippen LogP contribution in [0.1, 0.15) is 24.1 Å². The monoisotopic (exact) mass is 250 g/mol. The van der Waals surface area contributed by atoms with Crippen LogP contribution in [0.25, 0.3) is 0 Å². The molecule has 0 spiro atoms. The Morgan fingerprint density at radius 3 is 2.94 bits per heavy atom. The van der Waals surface area contributed by atoms with Gasteiger partial charge in [0.15, 0.2) is 0 Å². The highest BCUT2D eigenvalue weighted by molar-refractivity contribution is 5.86. The smallest absolute Gasteiger partial charge is 0.328 e. The fourth-order valence-electron chi connectivity index (χ4n) is 2.39. The maximum absolute atomic E-state index is 12.2. The van der Waals surface area contributed by atoms with Crippen LogP contribution >= 0.6 is 0 Å². The third kappa shape index (κ3) is 2.55. The van der Waals surface area contributed by atoms with Gasteiger partial charge in [0.25, 0.3) is 0 Å². The van der Waals surface area contributed by atoms with Crippen LogP contribution in [0.3, 0.4) is 0 Å². The predicted octanol–water partition coefficient (Wildman–Crippen LogP) is 1.03. The van der Waals surface area contributed by atoms with Gasteiger partial charge >= 0.3 is 5.97 Å². The Bertz CT molecular complexity index is 453. The molecule has 1 atom stereocenters. The number of nitrogens with one attached hydrogen (secondary N) is 1. The molecule has 1 amide bonds. The molecule has 5 heteroatoms. The van der Waals surface area contributed by atoms with E-state index in [1.807, 2.05) is 19.2 Å². The molecule has 5 nitrogen and oxygen atoms in total. The van der Waals surface area contributed by atoms with Gasteiger partial charge in [-0.15, -0.1) is 0 Å². The molecule has 98 valence electrons. The van der Waals surface area contributed by atoms with Crippen molar-refractivity contribution in [1.29, 1.82) is 0 Å². The maximum atomic E-state index is 12.2. The van der Waals surface area contributed by atoms with E-state index in [0.29, 0.717) is 19.4 Å². The molecule has 0 radical (unpaired) electrons. The molecule has 1 aliphatic heterocycles. The van der Waals surface area contributed by atoms with Crippen LogP contribution in [0, 0.1) is 6.92 Å². The Kier molecular flexibility index (Phi) is 3.69. The zero-order chi connectivity index (χ0) is 13.1. The number of amides is 1. The number of H-pyrrole nitrogens is 1. The van der Waals surface area contributed by atoms with Gasteiger partial charge in [-0.25, -0.2) is 4.79 Å². The molecule has 1 aromatic rings. The van der Waals surface area contributed by atoms with Crippen molar-refractivity contribution in [1.82, 2.24) is 9.88 Å². The molecule has 2 rings (SSSR count). The SMILES string of the molecule is COC(=O)C1CCCN1C(=O)Cc1c[nH]c(C)c1. The second kappa shape index (κ2) is 5.25. The predicted molar refractivity (Wildman–Crippen MR) is 66.0 cm³/mol. The fourth-order valence-corrected chi connectivity index (χ4v) is 2.39. The Balaban J connectivity index is 2.02. The van der Waals surface area contributed by atoms with Crippen molar-refractivity contribution in [2.75, 3.05) is 13.7 Å². The molecule has 1 N–H and O–H groups in total. The van der Waals surface area contributed by atoms with E-state index in [-0.39, 0.29) is 11.9 Å². The van der Waals surface area contributed by atoms with E-state index in [1.54, 1.807) is 4.90 Å². The first-order valence-electron chi connectivity index (χ1n) is 6.13. The molecule has 1 aromatic heterocycles. The lowest BCUT2D eigenvalue weighted by Gasteiger charge is -2.22. The molecular formula is C13H18N2O3. The summed E-state index contributed by atoms with van der Waals surface area (Å²) in [6.45, 7) is 2.59. The summed E-state index contributed by atoms with van der Waals surface area (Å²) >= 11 is 0. The Labute approximate surface area is 106 Å². The lowest BCUT2D eigenvalue weighted by molar-refractivity contribution is -0.150. The van der Waals surface area contributed by atoms with Gasteiger partial charge in [-0.05, 0) is 31.4 Å². The summed E-state index contributed by atoms with van der Waals surface area (Å²) in [6, 6.07) is 1.55. The summed E-state index contributed by atoms with van der Waals surface area (Å²) in [5.74, 6) is -0.326. The van der Waals surface area contributed by atoms with Gasteiger partial charge in [0.1, 0.15) is 6.04 Å². The molecule has 0 aromatic carbocycles. The van der Waals surface area contributed by atoms with E-state index in [2.05, 4.69) is 4.98 Å². The first kappa shape index (κ1) is 12.7. The minimum atomic E-state index is -0.400. The number of hydrogen-bond acceptors (Lipinski definition) is 3. The van der Waals surface area contributed by atoms with Crippen LogP contribution in [0.2, 0.25) is 0 Å². The minimum Gasteiger partial charge on any atom is -0.467 e. The van der Waals surface area contributed by atoms with Crippen molar-refractivity contribution in [3.8, 4) is 0 Å². The topological polar surface area (TPSA) is 62.4 Å². The molecule has 1 fully saturated rings. The van der Waals surface area contributed by atoms with Gasteiger partial charge in [0, 0.05) is 18.4 Å². The number of esters is 1. The summed E-state index contributed by atoms with van der Waals surface area (Å²) < 4.78 is 4.73. The zero-order valence-corrected chi connectivity index (χ0v) is 10.7. The van der Waals surface area contributed by atoms with E-state index < -0.39 is 6.04 Å². The van der Waals surface area contributed by atoms with Crippen LogP contribution in [0.15, 0.2) is 12.3 Å². The number of rotatable bonds is 3. The highest BCUT2D eigenvalue weighted by Gasteiger charge is 2.34. The molecule has 2 heterocycles. The van der Waals surface area contributed by atoms with Crippen LogP contribution < -0.4 is 0 Å². The second-order valence-corrected chi connectivity index (χ2v) is 4.64. The summed E-state index contributed by atoms with van der Waals surface area (Å²) in [4.78, 5) is 28.4. The number of nitrogens with zero attached hydrogens (tertiary/aromatic N) is 1. The van der Waals surface area contributed by atoms with Crippen LogP contribution in [0.4, 0.5) is 0 Å². The van der Waals surface area contributed by atoms with E-state index in [9.17, 15) is 9.59 Å². The summed E-state index contributed by atoms with van der Waals surface area (Å²) in [6.07, 6.45) is 3.72. The summed E-state index contributed by atoms with van der Waals surface area (Å²) in [5, 5.41) is 0. The van der Waals surface area contributed by atoms with Crippen LogP contribution in [-0.2, 0) is 20.7 Å². The van der Waals surface area contributed by atoms with Crippen molar-refractivity contribution < 1.29 is 14.3 Å². The number of aromatic amines is 1. The van der Waals surface area contributed by atoms with Gasteiger partial charge in [0.05, 0.1) is 13.5 Å². The fraction of sp³-hybridized carbons (Fsp3) is 0.538. The van der Waals surface area contributed by atoms with Gasteiger partial charge in [-0.3, -0.25) is 4.79 Å². The molecule has 0 saturated carbocycles. The molecule has 1 aliphatic rings. The van der Waals surface area contributed by atoms with Gasteiger partial charge < -0.3 is 14.6 Å². The number of likely N-dealkylation sites (tertiary alicyclic amines) is 1. The van der Waals surface area contributed by atoms with E-state index in [4.69, 9.17) is 4.74 Å². The number of hydrogen-bond donors (Lipinski definition) is 1. The number of methoxy groups -OCH3 is 1. The number of carbonyl (C=O) groups is 2. The normalized spacial score (nSPS) is 19.0. The molecule has 0 aliphatic carbocycles. The van der Waals surface area contributed by atoms with Crippen molar-refractivity contribution in [3.63, 3.8) is 0 Å². The molecule has 18 heavy (non-hydrogen) atoms. The quantitative estimate of drug-likeness (QED) is 0.815. The second-order valence-electron chi connectivity index (χ2n) is 4.64. The third-order valence-electron chi connectivity index (χ3n) is 3.29. The zero-order valence-electron chi connectivity index (χ0n) is 10.7. The molecule has 1 unspecified atom stereocenters. The van der Waals surface area contributed by atoms with E-state index in [1.165, 1.54) is 7.11 Å². The number of aromatic nitrogens is 1. The van der Waals surface area contributed by atoms with Gasteiger partial charge in [-0.2, -0.15) is 0 Å². The number of ether oxygens (including phenoxy) is 1. The summed E-state index contributed by atoms with van der Waals surface area (Å²) in [5.41, 5.74) is 1.98. The third-order valence-corrected chi connectivity index (χ3v) is 3.29. The standard InChI is InChI=1S/C13H18N2O3/c1-9-6-10(8-14-9)7-12(16)15-5-3-4-11(15)13(17)18-2/h6,8,11,14H,3-5,7H2,1-2H3. The van der Waals surface area contributed by atoms with Gasteiger partial charge in [-0.1, -0.05) is 0 Å². The Morgan fingerprint density at radius 1 is 1.56 bits per heavy atom. The van der Waals surface area contributed by atoms with Crippen molar-refractivity contribution >= 4 is 11.9 Å². The molecular weight excluding hydrogens is 232 g/mol. The average molecular weight is 250 g/mol. The first-order chi connectivity index (χ1) is 8.61. The van der Waals surface area contributed by atoms with Crippen molar-refractivity contribution in [2.45, 2.75) is 32.2 Å². The summed E-state index contributed by atoms with van der Waals surface area (Å²) in [7, 11) is 1.36. The minimum absolute atomic E-state index is 0.0121. The highest BCUT2D eigenvalue weighted by Crippen LogP contribution is 2.19. The van der Waals surface area contributed by atoms with Crippen LogP contribution in [0.5, 0.6) is 0 Å². The number of carbonyl (C=O) groups excluding carboxylic acids is 2. The molecule has 1 saturated heterocycles. The Morgan fingerprint density at radius 2 is 2.33 bits per heavy atom. The van der Waals surface area contributed by atoms with E-state index in [0.717, 1.165) is 17.7 Å². The van der Waals surface area contributed by atoms with Crippen molar-refractivity contribution in [2.24, 2.45) is 0 Å². The van der Waals surface area contributed by atoms with Gasteiger partial charge in [0.2, 0.25) is 5.91 Å². The van der Waals surface area contributed by atoms with E-state index >= 15 is 0 Å². The molecule has 0 bridgehead atoms. The largest absolute Gasteiger partial charge is 0.467 e. The first-order valence-corrected chi connectivity index (χ1v) is 6.13. The average Bonchev–Trinajstić information content (AvgIpc) is 2.97. The lowest BCUT2D eigenvalue weighted by Crippen LogP contribution is -2.41. The lowest BCUT2D eigenvalue weighted by atomic mass is 10.2. The Hall–Kier alpha value is -1.78. The van der Waals surface area contributed by atoms with Crippen molar-refractivity contribution in [3.05, 3.63) is 23.5 Å². The maximum Gasteiger partial charge on any atom is 0.328 e. The number of aryl methyl sites for hydroxylation is 1. The highest BCUT2D eigenvalue weighted by atomic mass is 16.5.